The van der Waals surface area contributed by atoms with Crippen molar-refractivity contribution in [3.63, 3.8) is 0 Å². The third kappa shape index (κ3) is 2.86. The fourth-order valence-electron chi connectivity index (χ4n) is 3.67. The summed E-state index contributed by atoms with van der Waals surface area (Å²) < 4.78 is 46.4. The topological polar surface area (TPSA) is 26.6 Å². The number of aryl methyl sites for hydroxylation is 1. The fraction of sp³-hybridized carbons (Fsp3) is 0.0909. The van der Waals surface area contributed by atoms with E-state index in [4.69, 9.17) is 0 Å². The van der Waals surface area contributed by atoms with Crippen LogP contribution in [0.15, 0.2) is 79.4 Å². The molecule has 0 atom stereocenters. The van der Waals surface area contributed by atoms with Crippen LogP contribution in [0.2, 0.25) is 0 Å². The first-order chi connectivity index (χ1) is 13.9. The van der Waals surface area contributed by atoms with Crippen LogP contribution in [0.3, 0.4) is 0 Å². The SMILES string of the molecule is C[n+]1cn(-c2cc(-n3cnc4ccccc43)cc(C(F)(F)F)c2)c2ccccc21. The molecular formula is C22H16F3N4+. The van der Waals surface area contributed by atoms with E-state index in [1.165, 1.54) is 6.07 Å². The predicted octanol–water partition coefficient (Wildman–Crippen LogP) is 4.81. The number of benzene rings is 3. The predicted molar refractivity (Wildman–Crippen MR) is 104 cm³/mol. The maximum absolute atomic E-state index is 13.7. The molecule has 0 spiro atoms. The quantitative estimate of drug-likeness (QED) is 0.395. The summed E-state index contributed by atoms with van der Waals surface area (Å²) in [5, 5.41) is 0. The molecule has 0 unspecified atom stereocenters. The molecule has 0 aliphatic heterocycles. The molecule has 0 N–H and O–H groups in total. The summed E-state index contributed by atoms with van der Waals surface area (Å²) >= 11 is 0. The summed E-state index contributed by atoms with van der Waals surface area (Å²) in [5.74, 6) is 0. The van der Waals surface area contributed by atoms with Gasteiger partial charge in [0.15, 0.2) is 11.0 Å². The fourth-order valence-corrected chi connectivity index (χ4v) is 3.67. The number of hydrogen-bond acceptors (Lipinski definition) is 1. The van der Waals surface area contributed by atoms with Crippen molar-refractivity contribution in [2.75, 3.05) is 0 Å². The van der Waals surface area contributed by atoms with Gasteiger partial charge in [-0.2, -0.15) is 17.7 Å². The van der Waals surface area contributed by atoms with E-state index in [0.717, 1.165) is 28.1 Å². The molecule has 5 rings (SSSR count). The molecule has 4 nitrogen and oxygen atoms in total. The second-order valence-electron chi connectivity index (χ2n) is 6.92. The van der Waals surface area contributed by atoms with Crippen LogP contribution in [0.25, 0.3) is 33.4 Å². The van der Waals surface area contributed by atoms with E-state index < -0.39 is 11.7 Å². The molecule has 2 heterocycles. The number of imidazole rings is 2. The van der Waals surface area contributed by atoms with Gasteiger partial charge in [0.1, 0.15) is 12.0 Å². The second kappa shape index (κ2) is 6.20. The Labute approximate surface area is 164 Å². The summed E-state index contributed by atoms with van der Waals surface area (Å²) in [6.45, 7) is 0. The first-order valence-electron chi connectivity index (χ1n) is 9.03. The van der Waals surface area contributed by atoms with Crippen LogP contribution in [0.1, 0.15) is 5.56 Å². The van der Waals surface area contributed by atoms with Gasteiger partial charge >= 0.3 is 6.18 Å². The summed E-state index contributed by atoms with van der Waals surface area (Å²) in [4.78, 5) is 4.31. The maximum atomic E-state index is 13.7. The average molecular weight is 393 g/mol. The van der Waals surface area contributed by atoms with E-state index in [1.54, 1.807) is 27.9 Å². The molecule has 7 heteroatoms. The van der Waals surface area contributed by atoms with Crippen LogP contribution in [-0.4, -0.2) is 14.1 Å². The molecule has 0 aliphatic rings. The number of halogens is 3. The molecule has 0 radical (unpaired) electrons. The minimum Gasteiger partial charge on any atom is -0.299 e. The van der Waals surface area contributed by atoms with Crippen molar-refractivity contribution in [3.8, 4) is 11.4 Å². The smallest absolute Gasteiger partial charge is 0.299 e. The van der Waals surface area contributed by atoms with Gasteiger partial charge in [-0.15, -0.1) is 0 Å². The van der Waals surface area contributed by atoms with Crippen molar-refractivity contribution in [1.29, 1.82) is 0 Å². The lowest BCUT2D eigenvalue weighted by Gasteiger charge is -2.12. The Morgan fingerprint density at radius 2 is 1.48 bits per heavy atom. The summed E-state index contributed by atoms with van der Waals surface area (Å²) in [7, 11) is 1.87. The largest absolute Gasteiger partial charge is 0.416 e. The van der Waals surface area contributed by atoms with Crippen LogP contribution in [0, 0.1) is 0 Å². The normalized spacial score (nSPS) is 12.1. The first-order valence-corrected chi connectivity index (χ1v) is 9.03. The highest BCUT2D eigenvalue weighted by molar-refractivity contribution is 5.78. The number of aromatic nitrogens is 4. The van der Waals surface area contributed by atoms with Crippen molar-refractivity contribution >= 4 is 22.1 Å². The van der Waals surface area contributed by atoms with Crippen LogP contribution in [0.5, 0.6) is 0 Å². The molecular weight excluding hydrogens is 377 g/mol. The summed E-state index contributed by atoms with van der Waals surface area (Å²) in [6, 6.07) is 19.0. The summed E-state index contributed by atoms with van der Waals surface area (Å²) in [5.41, 5.74) is 3.37. The standard InChI is InChI=1S/C22H16F3N4/c1-27-14-29(21-9-5-4-8-20(21)27)17-11-15(22(23,24)25)10-16(12-17)28-13-26-18-6-2-3-7-19(18)28/h2-14H,1H3/q+1. The Kier molecular flexibility index (Phi) is 3.74. The first kappa shape index (κ1) is 17.5. The Morgan fingerprint density at radius 3 is 2.24 bits per heavy atom. The molecule has 5 aromatic rings. The number of alkyl halides is 3. The Bertz CT molecular complexity index is 1360. The minimum atomic E-state index is -4.47. The molecule has 0 aliphatic carbocycles. The van der Waals surface area contributed by atoms with E-state index in [0.29, 0.717) is 11.4 Å². The number of hydrogen-bond donors (Lipinski definition) is 0. The lowest BCUT2D eigenvalue weighted by molar-refractivity contribution is -0.645. The van der Waals surface area contributed by atoms with Gasteiger partial charge in [0.25, 0.3) is 0 Å². The molecule has 3 aromatic carbocycles. The van der Waals surface area contributed by atoms with Gasteiger partial charge < -0.3 is 0 Å². The lowest BCUT2D eigenvalue weighted by Crippen LogP contribution is -2.25. The van der Waals surface area contributed by atoms with Gasteiger partial charge in [0.2, 0.25) is 6.33 Å². The minimum absolute atomic E-state index is 0.406. The van der Waals surface area contributed by atoms with Gasteiger partial charge in [-0.25, -0.2) is 9.55 Å². The highest BCUT2D eigenvalue weighted by Crippen LogP contribution is 2.34. The zero-order valence-electron chi connectivity index (χ0n) is 15.4. The van der Waals surface area contributed by atoms with Gasteiger partial charge in [0.05, 0.1) is 29.3 Å². The van der Waals surface area contributed by atoms with Crippen LogP contribution < -0.4 is 4.57 Å². The molecule has 0 fully saturated rings. The monoisotopic (exact) mass is 393 g/mol. The highest BCUT2D eigenvalue weighted by Gasteiger charge is 2.32. The van der Waals surface area contributed by atoms with E-state index in [1.807, 2.05) is 60.1 Å². The summed E-state index contributed by atoms with van der Waals surface area (Å²) in [6.07, 6.45) is -1.13. The maximum Gasteiger partial charge on any atom is 0.416 e. The Balaban J connectivity index is 1.79. The lowest BCUT2D eigenvalue weighted by atomic mass is 10.1. The third-order valence-corrected chi connectivity index (χ3v) is 5.05. The third-order valence-electron chi connectivity index (χ3n) is 5.05. The van der Waals surface area contributed by atoms with Crippen LogP contribution in [0.4, 0.5) is 13.2 Å². The van der Waals surface area contributed by atoms with Crippen molar-refractivity contribution < 1.29 is 17.7 Å². The van der Waals surface area contributed by atoms with E-state index in [-0.39, 0.29) is 0 Å². The Hall–Kier alpha value is -3.61. The van der Waals surface area contributed by atoms with Gasteiger partial charge in [-0.3, -0.25) is 4.57 Å². The van der Waals surface area contributed by atoms with Crippen molar-refractivity contribution in [3.05, 3.63) is 84.9 Å². The van der Waals surface area contributed by atoms with Gasteiger partial charge in [-0.1, -0.05) is 24.3 Å². The van der Waals surface area contributed by atoms with E-state index in [2.05, 4.69) is 4.98 Å². The van der Waals surface area contributed by atoms with Crippen LogP contribution >= 0.6 is 0 Å². The zero-order chi connectivity index (χ0) is 20.2. The average Bonchev–Trinajstić information content (AvgIpc) is 3.29. The molecule has 29 heavy (non-hydrogen) atoms. The zero-order valence-corrected chi connectivity index (χ0v) is 15.4. The molecule has 0 amide bonds. The molecule has 2 aromatic heterocycles. The number of fused-ring (bicyclic) bond motifs is 2. The molecule has 0 saturated carbocycles. The van der Waals surface area contributed by atoms with E-state index in [9.17, 15) is 13.2 Å². The van der Waals surface area contributed by atoms with Gasteiger partial charge in [0, 0.05) is 6.07 Å². The van der Waals surface area contributed by atoms with Crippen molar-refractivity contribution in [1.82, 2.24) is 14.1 Å². The number of rotatable bonds is 2. The van der Waals surface area contributed by atoms with Crippen molar-refractivity contribution in [2.45, 2.75) is 6.18 Å². The number of para-hydroxylation sites is 4. The molecule has 0 bridgehead atoms. The molecule has 144 valence electrons. The van der Waals surface area contributed by atoms with Gasteiger partial charge in [-0.05, 0) is 36.4 Å². The number of nitrogens with zero attached hydrogens (tertiary/aromatic N) is 4. The molecule has 0 saturated heterocycles. The van der Waals surface area contributed by atoms with Crippen LogP contribution in [-0.2, 0) is 13.2 Å². The van der Waals surface area contributed by atoms with Crippen molar-refractivity contribution in [2.24, 2.45) is 7.05 Å². The van der Waals surface area contributed by atoms with E-state index >= 15 is 0 Å². The second-order valence-corrected chi connectivity index (χ2v) is 6.92. The Morgan fingerprint density at radius 1 is 0.828 bits per heavy atom. The highest BCUT2D eigenvalue weighted by atomic mass is 19.4.